The van der Waals surface area contributed by atoms with E-state index in [1.165, 1.54) is 11.3 Å². The van der Waals surface area contributed by atoms with E-state index in [0.29, 0.717) is 16.7 Å². The maximum absolute atomic E-state index is 12.3. The van der Waals surface area contributed by atoms with E-state index in [1.807, 2.05) is 23.9 Å². The van der Waals surface area contributed by atoms with Crippen LogP contribution in [0.15, 0.2) is 0 Å². The topological polar surface area (TPSA) is 62.5 Å². The lowest BCUT2D eigenvalue weighted by atomic mass is 10.2. The number of carbonyl (C=O) groups excluding carboxylic acids is 1. The van der Waals surface area contributed by atoms with E-state index in [1.54, 1.807) is 0 Å². The van der Waals surface area contributed by atoms with Gasteiger partial charge in [0.05, 0.1) is 0 Å². The summed E-state index contributed by atoms with van der Waals surface area (Å²) in [6.45, 7) is 2.91. The average molecular weight is 254 g/mol. The van der Waals surface area contributed by atoms with Crippen molar-refractivity contribution in [3.63, 3.8) is 0 Å². The molecule has 2 rings (SSSR count). The molecule has 1 atom stereocenters. The second-order valence-electron chi connectivity index (χ2n) is 4.60. The van der Waals surface area contributed by atoms with E-state index >= 15 is 0 Å². The SMILES string of the molecule is CC1CCCN1C(=O)c1sc(N(C)C)nc1N. The number of nitrogens with two attached hydrogens (primary N) is 1. The molecule has 17 heavy (non-hydrogen) atoms. The highest BCUT2D eigenvalue weighted by atomic mass is 32.1. The van der Waals surface area contributed by atoms with Crippen LogP contribution in [-0.2, 0) is 0 Å². The third kappa shape index (κ3) is 2.22. The van der Waals surface area contributed by atoms with Crippen molar-refractivity contribution in [3.05, 3.63) is 4.88 Å². The van der Waals surface area contributed by atoms with Gasteiger partial charge in [0.1, 0.15) is 10.7 Å². The normalized spacial score (nSPS) is 19.7. The van der Waals surface area contributed by atoms with Gasteiger partial charge in [-0.25, -0.2) is 4.98 Å². The fraction of sp³-hybridized carbons (Fsp3) is 0.636. The highest BCUT2D eigenvalue weighted by Crippen LogP contribution is 2.30. The van der Waals surface area contributed by atoms with Gasteiger partial charge >= 0.3 is 0 Å². The quantitative estimate of drug-likeness (QED) is 0.867. The minimum atomic E-state index is 0.0260. The van der Waals surface area contributed by atoms with E-state index in [9.17, 15) is 4.79 Å². The fourth-order valence-corrected chi connectivity index (χ4v) is 2.89. The summed E-state index contributed by atoms with van der Waals surface area (Å²) in [5.41, 5.74) is 5.82. The fourth-order valence-electron chi connectivity index (χ4n) is 2.03. The van der Waals surface area contributed by atoms with Crippen molar-refractivity contribution >= 4 is 28.2 Å². The van der Waals surface area contributed by atoms with Gasteiger partial charge in [-0.2, -0.15) is 0 Å². The Morgan fingerprint density at radius 1 is 1.59 bits per heavy atom. The van der Waals surface area contributed by atoms with Crippen LogP contribution in [0.4, 0.5) is 10.9 Å². The molecular weight excluding hydrogens is 236 g/mol. The van der Waals surface area contributed by atoms with Gasteiger partial charge in [0.25, 0.3) is 5.91 Å². The Labute approximate surface area is 105 Å². The van der Waals surface area contributed by atoms with Crippen LogP contribution in [0.1, 0.15) is 29.4 Å². The minimum Gasteiger partial charge on any atom is -0.382 e. The number of aromatic nitrogens is 1. The Morgan fingerprint density at radius 3 is 2.76 bits per heavy atom. The van der Waals surface area contributed by atoms with Crippen LogP contribution in [0.3, 0.4) is 0 Å². The van der Waals surface area contributed by atoms with Crippen molar-refractivity contribution in [2.75, 3.05) is 31.3 Å². The molecule has 0 radical (unpaired) electrons. The second kappa shape index (κ2) is 4.52. The van der Waals surface area contributed by atoms with Crippen molar-refractivity contribution < 1.29 is 4.79 Å². The van der Waals surface area contributed by atoms with Gasteiger partial charge in [-0.1, -0.05) is 11.3 Å². The zero-order valence-corrected chi connectivity index (χ0v) is 11.3. The number of hydrogen-bond donors (Lipinski definition) is 1. The molecule has 0 bridgehead atoms. The Bertz CT molecular complexity index is 429. The number of nitrogen functional groups attached to an aromatic ring is 1. The molecule has 0 aliphatic carbocycles. The highest BCUT2D eigenvalue weighted by molar-refractivity contribution is 7.18. The van der Waals surface area contributed by atoms with Crippen LogP contribution in [0.5, 0.6) is 0 Å². The number of amides is 1. The van der Waals surface area contributed by atoms with Crippen molar-refractivity contribution in [2.24, 2.45) is 0 Å². The maximum Gasteiger partial charge on any atom is 0.268 e. The Morgan fingerprint density at radius 2 is 2.29 bits per heavy atom. The molecule has 1 fully saturated rings. The number of hydrogen-bond acceptors (Lipinski definition) is 5. The molecule has 1 saturated heterocycles. The first-order valence-electron chi connectivity index (χ1n) is 5.75. The lowest BCUT2D eigenvalue weighted by Gasteiger charge is -2.20. The molecule has 1 aliphatic rings. The van der Waals surface area contributed by atoms with Crippen LogP contribution in [0.2, 0.25) is 0 Å². The number of nitrogens with zero attached hydrogens (tertiary/aromatic N) is 3. The monoisotopic (exact) mass is 254 g/mol. The molecule has 94 valence electrons. The molecule has 0 spiro atoms. The third-order valence-electron chi connectivity index (χ3n) is 3.03. The summed E-state index contributed by atoms with van der Waals surface area (Å²) in [6.07, 6.45) is 2.15. The van der Waals surface area contributed by atoms with E-state index in [0.717, 1.165) is 24.5 Å². The number of likely N-dealkylation sites (tertiary alicyclic amines) is 1. The molecule has 0 saturated carbocycles. The molecule has 6 heteroatoms. The summed E-state index contributed by atoms with van der Waals surface area (Å²) in [6, 6.07) is 0.312. The molecule has 1 aromatic heterocycles. The number of carbonyl (C=O) groups is 1. The number of rotatable bonds is 2. The van der Waals surface area contributed by atoms with Gasteiger partial charge in [0.15, 0.2) is 5.13 Å². The zero-order valence-electron chi connectivity index (χ0n) is 10.4. The number of anilines is 2. The standard InChI is InChI=1S/C11H18N4OS/c1-7-5-4-6-15(7)10(16)8-9(12)13-11(17-8)14(2)3/h7H,4-6,12H2,1-3H3. The lowest BCUT2D eigenvalue weighted by molar-refractivity contribution is 0.0753. The highest BCUT2D eigenvalue weighted by Gasteiger charge is 2.29. The Balaban J connectivity index is 2.24. The molecule has 1 aliphatic heterocycles. The summed E-state index contributed by atoms with van der Waals surface area (Å²) in [5, 5.41) is 0.776. The second-order valence-corrected chi connectivity index (χ2v) is 5.57. The molecule has 5 nitrogen and oxygen atoms in total. The van der Waals surface area contributed by atoms with E-state index in [-0.39, 0.29) is 5.91 Å². The predicted octanol–water partition coefficient (Wildman–Crippen LogP) is 1.42. The summed E-state index contributed by atoms with van der Waals surface area (Å²) in [7, 11) is 3.79. The van der Waals surface area contributed by atoms with Gasteiger partial charge in [-0.15, -0.1) is 0 Å². The van der Waals surface area contributed by atoms with Crippen LogP contribution in [-0.4, -0.2) is 42.5 Å². The van der Waals surface area contributed by atoms with Gasteiger partial charge in [-0.05, 0) is 19.8 Å². The molecule has 1 aromatic rings. The van der Waals surface area contributed by atoms with Crippen molar-refractivity contribution in [1.82, 2.24) is 9.88 Å². The van der Waals surface area contributed by atoms with Crippen LogP contribution in [0.25, 0.3) is 0 Å². The van der Waals surface area contributed by atoms with Gasteiger partial charge in [0, 0.05) is 26.7 Å². The summed E-state index contributed by atoms with van der Waals surface area (Å²) in [5.74, 6) is 0.376. The largest absolute Gasteiger partial charge is 0.382 e. The van der Waals surface area contributed by atoms with E-state index < -0.39 is 0 Å². The lowest BCUT2D eigenvalue weighted by Crippen LogP contribution is -2.33. The van der Waals surface area contributed by atoms with Crippen LogP contribution >= 0.6 is 11.3 Å². The third-order valence-corrected chi connectivity index (χ3v) is 4.26. The van der Waals surface area contributed by atoms with Gasteiger partial charge < -0.3 is 15.5 Å². The smallest absolute Gasteiger partial charge is 0.268 e. The maximum atomic E-state index is 12.3. The molecule has 1 amide bonds. The van der Waals surface area contributed by atoms with Crippen molar-refractivity contribution in [2.45, 2.75) is 25.8 Å². The summed E-state index contributed by atoms with van der Waals surface area (Å²) >= 11 is 1.36. The first kappa shape index (κ1) is 12.2. The van der Waals surface area contributed by atoms with Crippen LogP contribution in [0, 0.1) is 0 Å². The summed E-state index contributed by atoms with van der Waals surface area (Å²) < 4.78 is 0. The Kier molecular flexibility index (Phi) is 3.24. The summed E-state index contributed by atoms with van der Waals surface area (Å²) in [4.78, 5) is 20.8. The van der Waals surface area contributed by atoms with E-state index in [2.05, 4.69) is 11.9 Å². The molecule has 0 aromatic carbocycles. The van der Waals surface area contributed by atoms with Crippen molar-refractivity contribution in [3.8, 4) is 0 Å². The zero-order chi connectivity index (χ0) is 12.6. The first-order valence-corrected chi connectivity index (χ1v) is 6.57. The molecule has 2 heterocycles. The van der Waals surface area contributed by atoms with Gasteiger partial charge in [-0.3, -0.25) is 4.79 Å². The first-order chi connectivity index (χ1) is 8.00. The number of thiazole rings is 1. The van der Waals surface area contributed by atoms with Crippen molar-refractivity contribution in [1.29, 1.82) is 0 Å². The predicted molar refractivity (Wildman–Crippen MR) is 70.6 cm³/mol. The molecular formula is C11H18N4OS. The van der Waals surface area contributed by atoms with Crippen LogP contribution < -0.4 is 10.6 Å². The van der Waals surface area contributed by atoms with Gasteiger partial charge in [0.2, 0.25) is 0 Å². The van der Waals surface area contributed by atoms with E-state index in [4.69, 9.17) is 5.73 Å². The molecule has 2 N–H and O–H groups in total. The average Bonchev–Trinajstić information content (AvgIpc) is 2.83. The Hall–Kier alpha value is -1.30. The molecule has 1 unspecified atom stereocenters. The minimum absolute atomic E-state index is 0.0260.